The average molecular weight is 450 g/mol. The van der Waals surface area contributed by atoms with Gasteiger partial charge in [-0.1, -0.05) is 11.6 Å². The molecule has 2 aromatic carbocycles. The van der Waals surface area contributed by atoms with E-state index in [-0.39, 0.29) is 23.9 Å². The van der Waals surface area contributed by atoms with Gasteiger partial charge >= 0.3 is 0 Å². The first-order valence-electron chi connectivity index (χ1n) is 9.58. The van der Waals surface area contributed by atoms with Gasteiger partial charge in [-0.05, 0) is 42.3 Å². The lowest BCUT2D eigenvalue weighted by Crippen LogP contribution is -2.52. The van der Waals surface area contributed by atoms with Crippen molar-refractivity contribution in [2.24, 2.45) is 0 Å². The van der Waals surface area contributed by atoms with E-state index >= 15 is 0 Å². The molecule has 2 aliphatic heterocycles. The van der Waals surface area contributed by atoms with E-state index in [0.29, 0.717) is 24.2 Å². The molecular weight excluding hydrogens is 432 g/mol. The van der Waals surface area contributed by atoms with Crippen molar-refractivity contribution >= 4 is 40.7 Å². The standard InChI is InChI=1S/C21H18ClF2N3O4/c22-14-3-4-15(23)13(18(14)24)10-25-19(29)21(31)7-8-27(20(21)30)12-2-5-16-11(9-12)1-6-17(28)26-16/h2-5,9,31H,1,6-8,10H2,(H,25,29)(H,26,28)/t21-/m0/s1. The van der Waals surface area contributed by atoms with Gasteiger partial charge in [0.05, 0.1) is 5.02 Å². The smallest absolute Gasteiger partial charge is 0.268 e. The number of nitrogens with zero attached hydrogens (tertiary/aromatic N) is 1. The number of hydrogen-bond acceptors (Lipinski definition) is 4. The van der Waals surface area contributed by atoms with Crippen molar-refractivity contribution in [1.82, 2.24) is 5.32 Å². The Bertz CT molecular complexity index is 1110. The topological polar surface area (TPSA) is 98.7 Å². The lowest BCUT2D eigenvalue weighted by Gasteiger charge is -2.24. The number of aryl methyl sites for hydroxylation is 1. The maximum Gasteiger partial charge on any atom is 0.268 e. The number of carbonyl (C=O) groups is 3. The van der Waals surface area contributed by atoms with Crippen LogP contribution in [0.25, 0.3) is 0 Å². The van der Waals surface area contributed by atoms with Gasteiger partial charge in [0, 0.05) is 42.9 Å². The molecule has 0 aromatic heterocycles. The second-order valence-corrected chi connectivity index (χ2v) is 7.87. The van der Waals surface area contributed by atoms with Gasteiger partial charge < -0.3 is 20.6 Å². The zero-order valence-electron chi connectivity index (χ0n) is 16.2. The molecule has 0 saturated carbocycles. The van der Waals surface area contributed by atoms with E-state index in [9.17, 15) is 28.3 Å². The third-order valence-corrected chi connectivity index (χ3v) is 5.82. The summed E-state index contributed by atoms with van der Waals surface area (Å²) in [6, 6.07) is 7.02. The molecule has 7 nitrogen and oxygen atoms in total. The SMILES string of the molecule is O=C1CCc2cc(N3CC[C@](O)(C(=O)NCc4c(F)ccc(Cl)c4F)C3=O)ccc2N1. The van der Waals surface area contributed by atoms with Crippen molar-refractivity contribution in [3.05, 3.63) is 58.1 Å². The van der Waals surface area contributed by atoms with E-state index in [0.717, 1.165) is 17.7 Å². The molecule has 4 rings (SSSR count). The number of rotatable bonds is 4. The van der Waals surface area contributed by atoms with E-state index in [1.807, 2.05) is 0 Å². The Kier molecular flexibility index (Phi) is 5.40. The van der Waals surface area contributed by atoms with Crippen LogP contribution in [0.1, 0.15) is 24.0 Å². The third kappa shape index (κ3) is 3.75. The summed E-state index contributed by atoms with van der Waals surface area (Å²) < 4.78 is 27.9. The molecule has 0 radical (unpaired) electrons. The fraction of sp³-hybridized carbons (Fsp3) is 0.286. The van der Waals surface area contributed by atoms with Crippen LogP contribution in [0.4, 0.5) is 20.2 Å². The third-order valence-electron chi connectivity index (χ3n) is 5.53. The van der Waals surface area contributed by atoms with Gasteiger partial charge in [-0.25, -0.2) is 8.78 Å². The van der Waals surface area contributed by atoms with E-state index in [4.69, 9.17) is 11.6 Å². The fourth-order valence-electron chi connectivity index (χ4n) is 3.75. The van der Waals surface area contributed by atoms with Gasteiger partial charge in [-0.15, -0.1) is 0 Å². The maximum atomic E-state index is 14.0. The van der Waals surface area contributed by atoms with Crippen LogP contribution in [0.3, 0.4) is 0 Å². The van der Waals surface area contributed by atoms with Crippen LogP contribution in [-0.2, 0) is 27.3 Å². The molecule has 1 atom stereocenters. The first-order chi connectivity index (χ1) is 14.7. The highest BCUT2D eigenvalue weighted by Gasteiger charge is 2.51. The quantitative estimate of drug-likeness (QED) is 0.492. The predicted molar refractivity (Wildman–Crippen MR) is 109 cm³/mol. The average Bonchev–Trinajstić information content (AvgIpc) is 3.06. The molecule has 0 aliphatic carbocycles. The number of aliphatic hydroxyl groups is 1. The van der Waals surface area contributed by atoms with Crippen LogP contribution in [0, 0.1) is 11.6 Å². The van der Waals surface area contributed by atoms with E-state index in [1.54, 1.807) is 18.2 Å². The number of fused-ring (bicyclic) bond motifs is 1. The molecule has 3 N–H and O–H groups in total. The van der Waals surface area contributed by atoms with Crippen LogP contribution in [0.2, 0.25) is 5.02 Å². The van der Waals surface area contributed by atoms with Crippen LogP contribution in [-0.4, -0.2) is 35.0 Å². The monoisotopic (exact) mass is 449 g/mol. The van der Waals surface area contributed by atoms with Gasteiger partial charge in [0.25, 0.3) is 11.8 Å². The summed E-state index contributed by atoms with van der Waals surface area (Å²) in [5, 5.41) is 15.4. The van der Waals surface area contributed by atoms with Crippen LogP contribution in [0.5, 0.6) is 0 Å². The highest BCUT2D eigenvalue weighted by molar-refractivity contribution is 6.30. The Morgan fingerprint density at radius 2 is 2.00 bits per heavy atom. The molecule has 0 spiro atoms. The maximum absolute atomic E-state index is 14.0. The minimum atomic E-state index is -2.37. The molecule has 10 heteroatoms. The zero-order valence-corrected chi connectivity index (χ0v) is 16.9. The summed E-state index contributed by atoms with van der Waals surface area (Å²) in [5.41, 5.74) is -0.851. The molecule has 2 aliphatic rings. The lowest BCUT2D eigenvalue weighted by atomic mass is 10.0. The minimum absolute atomic E-state index is 0.0772. The van der Waals surface area contributed by atoms with E-state index < -0.39 is 41.2 Å². The zero-order chi connectivity index (χ0) is 22.3. The molecule has 0 unspecified atom stereocenters. The van der Waals surface area contributed by atoms with Crippen molar-refractivity contribution in [2.45, 2.75) is 31.4 Å². The van der Waals surface area contributed by atoms with Crippen molar-refractivity contribution in [2.75, 3.05) is 16.8 Å². The molecule has 1 saturated heterocycles. The summed E-state index contributed by atoms with van der Waals surface area (Å²) >= 11 is 5.64. The second kappa shape index (κ2) is 7.90. The first kappa shape index (κ1) is 21.2. The molecule has 2 aromatic rings. The number of carbonyl (C=O) groups excluding carboxylic acids is 3. The normalized spacial score (nSPS) is 20.5. The summed E-state index contributed by atoms with van der Waals surface area (Å²) in [4.78, 5) is 38.2. The number of amides is 3. The molecule has 0 bridgehead atoms. The molecule has 3 amide bonds. The Labute approximate surface area is 181 Å². The fourth-order valence-corrected chi connectivity index (χ4v) is 3.92. The first-order valence-corrected chi connectivity index (χ1v) is 9.96. The number of benzene rings is 2. The predicted octanol–water partition coefficient (Wildman–Crippen LogP) is 2.29. The highest BCUT2D eigenvalue weighted by atomic mass is 35.5. The summed E-state index contributed by atoms with van der Waals surface area (Å²) in [5.74, 6) is -3.90. The van der Waals surface area contributed by atoms with E-state index in [1.165, 1.54) is 4.90 Å². The Hall–Kier alpha value is -3.04. The second-order valence-electron chi connectivity index (χ2n) is 7.46. The van der Waals surface area contributed by atoms with Crippen LogP contribution in [0.15, 0.2) is 30.3 Å². The van der Waals surface area contributed by atoms with Crippen LogP contribution < -0.4 is 15.5 Å². The number of nitrogens with one attached hydrogen (secondary N) is 2. The van der Waals surface area contributed by atoms with Gasteiger partial charge in [0.2, 0.25) is 11.5 Å². The van der Waals surface area contributed by atoms with Crippen molar-refractivity contribution in [3.8, 4) is 0 Å². The van der Waals surface area contributed by atoms with Crippen molar-refractivity contribution in [3.63, 3.8) is 0 Å². The molecule has 2 heterocycles. The minimum Gasteiger partial charge on any atom is -0.372 e. The highest BCUT2D eigenvalue weighted by Crippen LogP contribution is 2.33. The molecular formula is C21H18ClF2N3O4. The number of anilines is 2. The Morgan fingerprint density at radius 1 is 1.23 bits per heavy atom. The summed E-state index contributed by atoms with van der Waals surface area (Å²) in [7, 11) is 0. The van der Waals surface area contributed by atoms with Gasteiger partial charge in [0.15, 0.2) is 0 Å². The largest absolute Gasteiger partial charge is 0.372 e. The number of hydrogen-bond donors (Lipinski definition) is 3. The van der Waals surface area contributed by atoms with Crippen LogP contribution >= 0.6 is 11.6 Å². The van der Waals surface area contributed by atoms with Gasteiger partial charge in [-0.3, -0.25) is 14.4 Å². The van der Waals surface area contributed by atoms with E-state index in [2.05, 4.69) is 10.6 Å². The Balaban J connectivity index is 1.49. The van der Waals surface area contributed by atoms with Crippen molar-refractivity contribution < 1.29 is 28.3 Å². The summed E-state index contributed by atoms with van der Waals surface area (Å²) in [6.45, 7) is -0.501. The molecule has 1 fully saturated rings. The summed E-state index contributed by atoms with van der Waals surface area (Å²) in [6.07, 6.45) is 0.651. The number of halogens is 3. The van der Waals surface area contributed by atoms with Crippen molar-refractivity contribution in [1.29, 1.82) is 0 Å². The molecule has 162 valence electrons. The van der Waals surface area contributed by atoms with Gasteiger partial charge in [0.1, 0.15) is 11.6 Å². The Morgan fingerprint density at radius 3 is 2.77 bits per heavy atom. The van der Waals surface area contributed by atoms with Gasteiger partial charge in [-0.2, -0.15) is 0 Å². The molecule has 31 heavy (non-hydrogen) atoms. The lowest BCUT2D eigenvalue weighted by molar-refractivity contribution is -0.149.